The van der Waals surface area contributed by atoms with E-state index in [0.717, 1.165) is 16.6 Å². The summed E-state index contributed by atoms with van der Waals surface area (Å²) in [5.74, 6) is -0.386. The van der Waals surface area contributed by atoms with Gasteiger partial charge in [0.2, 0.25) is 0 Å². The van der Waals surface area contributed by atoms with Crippen LogP contribution in [0.2, 0.25) is 0 Å². The Bertz CT molecular complexity index is 1020. The third-order valence-corrected chi connectivity index (χ3v) is 4.20. The number of unbranched alkanes of at least 4 members (excludes halogenated alkanes) is 1. The molecule has 0 N–H and O–H groups in total. The fourth-order valence-electron chi connectivity index (χ4n) is 2.67. The molecule has 0 saturated carbocycles. The van der Waals surface area contributed by atoms with Crippen LogP contribution in [0.25, 0.3) is 16.7 Å². The van der Waals surface area contributed by atoms with Gasteiger partial charge in [0, 0.05) is 12.0 Å². The second-order valence-corrected chi connectivity index (χ2v) is 6.80. The van der Waals surface area contributed by atoms with Gasteiger partial charge in [-0.15, -0.1) is 15.0 Å². The van der Waals surface area contributed by atoms with Gasteiger partial charge in [0.25, 0.3) is 0 Å². The molecule has 0 atom stereocenters. The lowest BCUT2D eigenvalue weighted by Crippen LogP contribution is -2.12. The Kier molecular flexibility index (Phi) is 6.39. The van der Waals surface area contributed by atoms with E-state index in [2.05, 4.69) is 16.8 Å². The first-order chi connectivity index (χ1) is 13.9. The normalized spacial score (nSPS) is 10.7. The van der Waals surface area contributed by atoms with E-state index < -0.39 is 5.97 Å². The van der Waals surface area contributed by atoms with Gasteiger partial charge in [-0.25, -0.2) is 4.79 Å². The fraction of sp³-hybridized carbons (Fsp3) is 0.273. The molecule has 7 heteroatoms. The Morgan fingerprint density at radius 1 is 1.07 bits per heavy atom. The molecule has 3 rings (SSSR count). The summed E-state index contributed by atoms with van der Waals surface area (Å²) in [6.45, 7) is 7.31. The standard InChI is InChI=1S/C22H23N3O4/c1-15(2)22(27)28-13-7-6-10-21(26)29-20-12-11-16(3)14-19(20)25-23-17-8-4-5-9-18(17)24-25/h4-5,8-9,11-12,14H,1,6-7,10,13H2,2-3H3. The number of rotatable bonds is 8. The average molecular weight is 393 g/mol. The number of fused-ring (bicyclic) bond motifs is 1. The monoisotopic (exact) mass is 393 g/mol. The summed E-state index contributed by atoms with van der Waals surface area (Å²) in [5.41, 5.74) is 3.48. The highest BCUT2D eigenvalue weighted by atomic mass is 16.5. The van der Waals surface area contributed by atoms with E-state index in [1.807, 2.05) is 43.3 Å². The van der Waals surface area contributed by atoms with E-state index in [9.17, 15) is 9.59 Å². The van der Waals surface area contributed by atoms with Gasteiger partial charge in [0.05, 0.1) is 6.61 Å². The highest BCUT2D eigenvalue weighted by molar-refractivity contribution is 5.86. The second kappa shape index (κ2) is 9.14. The molecule has 7 nitrogen and oxygen atoms in total. The van der Waals surface area contributed by atoms with Gasteiger partial charge in [0.15, 0.2) is 5.75 Å². The Morgan fingerprint density at radius 3 is 2.41 bits per heavy atom. The zero-order valence-electron chi connectivity index (χ0n) is 16.6. The van der Waals surface area contributed by atoms with Crippen molar-refractivity contribution < 1.29 is 19.1 Å². The lowest BCUT2D eigenvalue weighted by Gasteiger charge is -2.10. The van der Waals surface area contributed by atoms with Crippen LogP contribution >= 0.6 is 0 Å². The van der Waals surface area contributed by atoms with E-state index in [1.54, 1.807) is 13.0 Å². The van der Waals surface area contributed by atoms with Gasteiger partial charge < -0.3 is 9.47 Å². The number of aryl methyl sites for hydroxylation is 1. The van der Waals surface area contributed by atoms with Crippen molar-refractivity contribution in [3.8, 4) is 11.4 Å². The molecule has 0 aliphatic carbocycles. The summed E-state index contributed by atoms with van der Waals surface area (Å²) in [6, 6.07) is 13.0. The molecule has 0 bridgehead atoms. The molecule has 0 unspecified atom stereocenters. The quantitative estimate of drug-likeness (QED) is 0.250. The second-order valence-electron chi connectivity index (χ2n) is 6.80. The Morgan fingerprint density at radius 2 is 1.76 bits per heavy atom. The van der Waals surface area contributed by atoms with Gasteiger partial charge in [-0.3, -0.25) is 4.79 Å². The molecule has 1 aromatic heterocycles. The average Bonchev–Trinajstić information content (AvgIpc) is 3.13. The first-order valence-corrected chi connectivity index (χ1v) is 9.40. The zero-order chi connectivity index (χ0) is 20.8. The summed E-state index contributed by atoms with van der Waals surface area (Å²) in [7, 11) is 0. The maximum atomic E-state index is 12.3. The van der Waals surface area contributed by atoms with Crippen molar-refractivity contribution in [2.45, 2.75) is 33.1 Å². The third-order valence-electron chi connectivity index (χ3n) is 4.20. The Hall–Kier alpha value is -3.48. The number of hydrogen-bond acceptors (Lipinski definition) is 6. The van der Waals surface area contributed by atoms with Crippen molar-refractivity contribution in [2.24, 2.45) is 0 Å². The molecule has 2 aromatic carbocycles. The van der Waals surface area contributed by atoms with Crippen LogP contribution in [0.3, 0.4) is 0 Å². The third kappa shape index (κ3) is 5.28. The van der Waals surface area contributed by atoms with Crippen molar-refractivity contribution in [1.29, 1.82) is 0 Å². The van der Waals surface area contributed by atoms with E-state index in [4.69, 9.17) is 9.47 Å². The maximum Gasteiger partial charge on any atom is 0.333 e. The van der Waals surface area contributed by atoms with Crippen molar-refractivity contribution in [3.05, 3.63) is 60.2 Å². The molecule has 0 aliphatic rings. The van der Waals surface area contributed by atoms with Crippen molar-refractivity contribution in [2.75, 3.05) is 6.61 Å². The number of carbonyl (C=O) groups excluding carboxylic acids is 2. The van der Waals surface area contributed by atoms with Gasteiger partial charge in [-0.05, 0) is 56.5 Å². The minimum Gasteiger partial charge on any atom is -0.462 e. The number of benzene rings is 2. The van der Waals surface area contributed by atoms with Crippen LogP contribution in [0.1, 0.15) is 31.7 Å². The fourth-order valence-corrected chi connectivity index (χ4v) is 2.67. The molecule has 0 radical (unpaired) electrons. The van der Waals surface area contributed by atoms with E-state index in [1.165, 1.54) is 4.80 Å². The van der Waals surface area contributed by atoms with Gasteiger partial charge in [0.1, 0.15) is 16.7 Å². The number of hydrogen-bond donors (Lipinski definition) is 0. The molecule has 150 valence electrons. The van der Waals surface area contributed by atoms with Crippen LogP contribution in [0.4, 0.5) is 0 Å². The molecule has 0 aliphatic heterocycles. The molecule has 0 saturated heterocycles. The molecular weight excluding hydrogens is 370 g/mol. The van der Waals surface area contributed by atoms with Gasteiger partial charge in [-0.2, -0.15) is 0 Å². The van der Waals surface area contributed by atoms with Gasteiger partial charge in [-0.1, -0.05) is 24.8 Å². The summed E-state index contributed by atoms with van der Waals surface area (Å²) < 4.78 is 10.6. The van der Waals surface area contributed by atoms with Crippen LogP contribution in [-0.4, -0.2) is 33.5 Å². The summed E-state index contributed by atoms with van der Waals surface area (Å²) in [5, 5.41) is 8.94. The summed E-state index contributed by atoms with van der Waals surface area (Å²) >= 11 is 0. The Labute approximate surface area is 168 Å². The maximum absolute atomic E-state index is 12.3. The molecule has 0 amide bonds. The lowest BCUT2D eigenvalue weighted by molar-refractivity contribution is -0.139. The van der Waals surface area contributed by atoms with Crippen LogP contribution in [0.15, 0.2) is 54.6 Å². The van der Waals surface area contributed by atoms with E-state index in [0.29, 0.717) is 29.9 Å². The predicted molar refractivity (Wildman–Crippen MR) is 109 cm³/mol. The van der Waals surface area contributed by atoms with Crippen LogP contribution in [-0.2, 0) is 14.3 Å². The van der Waals surface area contributed by atoms with E-state index in [-0.39, 0.29) is 19.0 Å². The zero-order valence-corrected chi connectivity index (χ0v) is 16.6. The number of aromatic nitrogens is 3. The minimum absolute atomic E-state index is 0.215. The van der Waals surface area contributed by atoms with Gasteiger partial charge >= 0.3 is 11.9 Å². The number of nitrogens with zero attached hydrogens (tertiary/aromatic N) is 3. The number of ether oxygens (including phenoxy) is 2. The molecule has 0 spiro atoms. The smallest absolute Gasteiger partial charge is 0.333 e. The topological polar surface area (TPSA) is 83.3 Å². The summed E-state index contributed by atoms with van der Waals surface area (Å²) in [6.07, 6.45) is 1.33. The minimum atomic E-state index is -0.420. The lowest BCUT2D eigenvalue weighted by atomic mass is 10.2. The first kappa shape index (κ1) is 20.3. The van der Waals surface area contributed by atoms with Crippen LogP contribution in [0, 0.1) is 6.92 Å². The molecule has 1 heterocycles. The molecule has 29 heavy (non-hydrogen) atoms. The predicted octanol–water partition coefficient (Wildman–Crippen LogP) is 3.92. The highest BCUT2D eigenvalue weighted by Crippen LogP contribution is 2.25. The molecule has 0 fully saturated rings. The van der Waals surface area contributed by atoms with Crippen LogP contribution < -0.4 is 4.74 Å². The Balaban J connectivity index is 1.63. The molecule has 3 aromatic rings. The molecular formula is C22H23N3O4. The summed E-state index contributed by atoms with van der Waals surface area (Å²) in [4.78, 5) is 25.1. The number of esters is 2. The highest BCUT2D eigenvalue weighted by Gasteiger charge is 2.14. The van der Waals surface area contributed by atoms with Crippen molar-refractivity contribution >= 4 is 23.0 Å². The van der Waals surface area contributed by atoms with Crippen molar-refractivity contribution in [3.63, 3.8) is 0 Å². The van der Waals surface area contributed by atoms with Crippen molar-refractivity contribution in [1.82, 2.24) is 15.0 Å². The number of carbonyl (C=O) groups is 2. The van der Waals surface area contributed by atoms with E-state index >= 15 is 0 Å². The largest absolute Gasteiger partial charge is 0.462 e. The van der Waals surface area contributed by atoms with Crippen LogP contribution in [0.5, 0.6) is 5.75 Å². The first-order valence-electron chi connectivity index (χ1n) is 9.40. The SMILES string of the molecule is C=C(C)C(=O)OCCCCC(=O)Oc1ccc(C)cc1-n1nc2ccccc2n1.